The van der Waals surface area contributed by atoms with Gasteiger partial charge in [0.15, 0.2) is 11.1 Å². The van der Waals surface area contributed by atoms with E-state index in [0.717, 1.165) is 43.7 Å². The summed E-state index contributed by atoms with van der Waals surface area (Å²) in [4.78, 5) is 29.1. The van der Waals surface area contributed by atoms with Crippen LogP contribution in [0.15, 0.2) is 79.5 Å². The lowest BCUT2D eigenvalue weighted by Crippen LogP contribution is -2.53. The predicted molar refractivity (Wildman–Crippen MR) is 181 cm³/mol. The number of urea groups is 1. The fourth-order valence-electron chi connectivity index (χ4n) is 6.53. The summed E-state index contributed by atoms with van der Waals surface area (Å²) in [6, 6.07) is 20.8. The Morgan fingerprint density at radius 3 is 2.30 bits per heavy atom. The fraction of sp³-hybridized carbons (Fsp3) is 0.429. The van der Waals surface area contributed by atoms with Gasteiger partial charge in [-0.25, -0.2) is 19.4 Å². The number of H-pyrrole nitrogens is 1. The van der Waals surface area contributed by atoms with Crippen LogP contribution in [0.1, 0.15) is 74.4 Å². The SMILES string of the molecule is CCCCCCCCNC(=O)N1CCN([C@@H](c2ccccc2)[C@@H](c2ccccc2)n2cc(Cn3cnc(=N)c4[nH]cnc43)nn2)CC1. The zero-order valence-electron chi connectivity index (χ0n) is 27.1. The van der Waals surface area contributed by atoms with Gasteiger partial charge in [-0.1, -0.05) is 105 Å². The van der Waals surface area contributed by atoms with Crippen LogP contribution in [-0.4, -0.2) is 83.1 Å². The first-order chi connectivity index (χ1) is 23.1. The molecule has 4 heterocycles. The standard InChI is InChI=1S/C35H45N11O/c1-2-3-4-5-6-13-18-37-35(47)44-21-19-43(20-22-44)31(27-14-9-7-10-15-27)32(28-16-11-8-12-17-28)46-24-29(41-42-46)23-45-26-40-33(36)30-34(45)39-25-38-30/h7-12,14-17,24-26,31-32,36H,2-6,13,18-23H2,1H3,(H,37,47)(H,38,39)/t31-,32+/m0/s1. The van der Waals surface area contributed by atoms with Crippen molar-refractivity contribution in [3.63, 3.8) is 0 Å². The van der Waals surface area contributed by atoms with E-state index in [-0.39, 0.29) is 23.6 Å². The Labute approximate surface area is 275 Å². The molecule has 12 nitrogen and oxygen atoms in total. The number of benzene rings is 2. The molecule has 1 aliphatic heterocycles. The van der Waals surface area contributed by atoms with Crippen LogP contribution in [0.5, 0.6) is 0 Å². The number of carbonyl (C=O) groups is 1. The molecule has 246 valence electrons. The van der Waals surface area contributed by atoms with E-state index in [1.54, 1.807) is 12.7 Å². The molecule has 5 aromatic rings. The lowest BCUT2D eigenvalue weighted by Gasteiger charge is -2.42. The summed E-state index contributed by atoms with van der Waals surface area (Å²) >= 11 is 0. The quantitative estimate of drug-likeness (QED) is 0.149. The molecule has 0 aliphatic carbocycles. The van der Waals surface area contributed by atoms with Crippen molar-refractivity contribution in [1.82, 2.24) is 49.6 Å². The molecule has 2 amide bonds. The van der Waals surface area contributed by atoms with E-state index >= 15 is 0 Å². The maximum absolute atomic E-state index is 13.0. The third-order valence-corrected chi connectivity index (χ3v) is 9.01. The smallest absolute Gasteiger partial charge is 0.317 e. The molecule has 0 radical (unpaired) electrons. The van der Waals surface area contributed by atoms with Crippen LogP contribution in [-0.2, 0) is 6.54 Å². The van der Waals surface area contributed by atoms with Crippen molar-refractivity contribution >= 4 is 17.2 Å². The van der Waals surface area contributed by atoms with E-state index in [4.69, 9.17) is 10.6 Å². The van der Waals surface area contributed by atoms with Crippen LogP contribution in [0.25, 0.3) is 11.2 Å². The Kier molecular flexibility index (Phi) is 10.7. The number of piperazine rings is 1. The second-order valence-electron chi connectivity index (χ2n) is 12.2. The van der Waals surface area contributed by atoms with Crippen molar-refractivity contribution in [2.75, 3.05) is 32.7 Å². The maximum atomic E-state index is 13.0. The van der Waals surface area contributed by atoms with E-state index in [0.29, 0.717) is 30.8 Å². The zero-order valence-corrected chi connectivity index (χ0v) is 27.1. The number of imidazole rings is 1. The van der Waals surface area contributed by atoms with Crippen molar-refractivity contribution in [2.24, 2.45) is 0 Å². The van der Waals surface area contributed by atoms with Crippen molar-refractivity contribution in [2.45, 2.75) is 64.1 Å². The van der Waals surface area contributed by atoms with Gasteiger partial charge < -0.3 is 19.8 Å². The molecule has 3 N–H and O–H groups in total. The number of carbonyl (C=O) groups excluding carboxylic acids is 1. The summed E-state index contributed by atoms with van der Waals surface area (Å²) in [6.07, 6.45) is 12.4. The minimum atomic E-state index is -0.169. The number of rotatable bonds is 14. The first kappa shape index (κ1) is 32.1. The molecule has 2 aromatic carbocycles. The summed E-state index contributed by atoms with van der Waals surface area (Å²) in [7, 11) is 0. The van der Waals surface area contributed by atoms with Crippen LogP contribution in [0, 0.1) is 5.41 Å². The Balaban J connectivity index is 1.21. The molecule has 1 aliphatic rings. The number of hydrogen-bond acceptors (Lipinski definition) is 7. The van der Waals surface area contributed by atoms with Gasteiger partial charge in [-0.3, -0.25) is 10.3 Å². The van der Waals surface area contributed by atoms with E-state index in [9.17, 15) is 4.79 Å². The molecule has 12 heteroatoms. The number of hydrogen-bond donors (Lipinski definition) is 3. The number of nitrogens with zero attached hydrogens (tertiary/aromatic N) is 8. The Bertz CT molecular complexity index is 1760. The molecule has 0 unspecified atom stereocenters. The van der Waals surface area contributed by atoms with Gasteiger partial charge in [0, 0.05) is 32.7 Å². The van der Waals surface area contributed by atoms with Crippen LogP contribution in [0.2, 0.25) is 0 Å². The number of amides is 2. The Hall–Kier alpha value is -4.84. The van der Waals surface area contributed by atoms with Gasteiger partial charge in [-0.15, -0.1) is 5.10 Å². The van der Waals surface area contributed by atoms with Crippen LogP contribution in [0.4, 0.5) is 4.79 Å². The van der Waals surface area contributed by atoms with E-state index < -0.39 is 0 Å². The van der Waals surface area contributed by atoms with Gasteiger partial charge in [0.2, 0.25) is 0 Å². The predicted octanol–water partition coefficient (Wildman–Crippen LogP) is 4.90. The van der Waals surface area contributed by atoms with Crippen LogP contribution < -0.4 is 10.8 Å². The molecular weight excluding hydrogens is 590 g/mol. The highest BCUT2D eigenvalue weighted by atomic mass is 16.2. The third-order valence-electron chi connectivity index (χ3n) is 9.01. The minimum Gasteiger partial charge on any atom is -0.340 e. The molecule has 0 bridgehead atoms. The summed E-state index contributed by atoms with van der Waals surface area (Å²) in [5, 5.41) is 20.5. The minimum absolute atomic E-state index is 0.0338. The van der Waals surface area contributed by atoms with E-state index in [2.05, 4.69) is 85.7 Å². The number of unbranched alkanes of at least 4 members (excludes halogenated alkanes) is 5. The maximum Gasteiger partial charge on any atom is 0.317 e. The molecule has 6 rings (SSSR count). The number of fused-ring (bicyclic) bond motifs is 1. The molecular formula is C35H45N11O. The van der Waals surface area contributed by atoms with Gasteiger partial charge >= 0.3 is 6.03 Å². The Morgan fingerprint density at radius 1 is 0.894 bits per heavy atom. The van der Waals surface area contributed by atoms with Crippen molar-refractivity contribution < 1.29 is 4.79 Å². The topological polar surface area (TPSA) is 137 Å². The van der Waals surface area contributed by atoms with Crippen LogP contribution in [0.3, 0.4) is 0 Å². The monoisotopic (exact) mass is 635 g/mol. The number of aromatic nitrogens is 7. The number of nitrogens with one attached hydrogen (secondary N) is 3. The van der Waals surface area contributed by atoms with Crippen molar-refractivity contribution in [1.29, 1.82) is 5.41 Å². The molecule has 2 atom stereocenters. The van der Waals surface area contributed by atoms with Gasteiger partial charge in [-0.05, 0) is 17.5 Å². The third kappa shape index (κ3) is 7.76. The molecule has 1 saturated heterocycles. The fourth-order valence-corrected chi connectivity index (χ4v) is 6.53. The van der Waals surface area contributed by atoms with Gasteiger partial charge in [0.05, 0.1) is 37.5 Å². The summed E-state index contributed by atoms with van der Waals surface area (Å²) < 4.78 is 3.84. The normalized spacial score (nSPS) is 15.1. The molecule has 0 spiro atoms. The first-order valence-corrected chi connectivity index (χ1v) is 16.8. The summed E-state index contributed by atoms with van der Waals surface area (Å²) in [5.74, 6) is 0. The largest absolute Gasteiger partial charge is 0.340 e. The average molecular weight is 636 g/mol. The highest BCUT2D eigenvalue weighted by Gasteiger charge is 2.35. The summed E-state index contributed by atoms with van der Waals surface area (Å²) in [5.41, 5.74) is 4.46. The molecule has 1 fully saturated rings. The highest BCUT2D eigenvalue weighted by Crippen LogP contribution is 2.37. The molecule has 47 heavy (non-hydrogen) atoms. The van der Waals surface area contributed by atoms with Crippen molar-refractivity contribution in [3.8, 4) is 0 Å². The van der Waals surface area contributed by atoms with Gasteiger partial charge in [0.25, 0.3) is 0 Å². The molecule has 0 saturated carbocycles. The lowest BCUT2D eigenvalue weighted by molar-refractivity contribution is 0.0874. The van der Waals surface area contributed by atoms with Crippen molar-refractivity contribution in [3.05, 3.63) is 102 Å². The second kappa shape index (κ2) is 15.6. The first-order valence-electron chi connectivity index (χ1n) is 16.8. The van der Waals surface area contributed by atoms with Crippen LogP contribution >= 0.6 is 0 Å². The molecule has 3 aromatic heterocycles. The van der Waals surface area contributed by atoms with Gasteiger partial charge in [0.1, 0.15) is 11.2 Å². The lowest BCUT2D eigenvalue weighted by atomic mass is 9.91. The second-order valence-corrected chi connectivity index (χ2v) is 12.2. The summed E-state index contributed by atoms with van der Waals surface area (Å²) in [6.45, 7) is 6.18. The highest BCUT2D eigenvalue weighted by molar-refractivity contribution is 5.74. The average Bonchev–Trinajstić information content (AvgIpc) is 3.80. The van der Waals surface area contributed by atoms with E-state index in [1.807, 2.05) is 32.5 Å². The number of aromatic amines is 1. The van der Waals surface area contributed by atoms with Gasteiger partial charge in [-0.2, -0.15) is 0 Å². The zero-order chi connectivity index (χ0) is 32.4. The van der Waals surface area contributed by atoms with E-state index in [1.165, 1.54) is 31.2 Å². The Morgan fingerprint density at radius 2 is 1.57 bits per heavy atom.